The first-order chi connectivity index (χ1) is 34.7. The van der Waals surface area contributed by atoms with E-state index in [1.54, 1.807) is 65.9 Å². The van der Waals surface area contributed by atoms with Crippen molar-refractivity contribution < 1.29 is 39.2 Å². The highest BCUT2D eigenvalue weighted by Gasteiger charge is 2.44. The smallest absolute Gasteiger partial charge is 0.246 e. The molecule has 4 atom stereocenters. The number of hydrogen-bond donors (Lipinski definition) is 5. The predicted molar refractivity (Wildman–Crippen MR) is 291 cm³/mol. The van der Waals surface area contributed by atoms with Crippen molar-refractivity contribution in [1.82, 2.24) is 25.4 Å². The van der Waals surface area contributed by atoms with Crippen LogP contribution in [0.15, 0.2) is 96.5 Å². The molecule has 0 radical (unpaired) electrons. The molecule has 13 nitrogen and oxygen atoms in total. The van der Waals surface area contributed by atoms with Gasteiger partial charge in [-0.25, -0.2) is 4.98 Å². The molecule has 7 rings (SSSR count). The van der Waals surface area contributed by atoms with Gasteiger partial charge in [0.05, 0.1) is 28.2 Å². The number of likely N-dealkylation sites (tertiary alicyclic amines) is 1. The maximum Gasteiger partial charge on any atom is 0.246 e. The lowest BCUT2D eigenvalue weighted by molar-refractivity contribution is -0.144. The van der Waals surface area contributed by atoms with Gasteiger partial charge < -0.3 is 35.6 Å². The Morgan fingerprint density at radius 1 is 0.808 bits per heavy atom. The van der Waals surface area contributed by atoms with E-state index in [0.717, 1.165) is 74.5 Å². The third-order valence-corrected chi connectivity index (χ3v) is 15.8. The van der Waals surface area contributed by atoms with Gasteiger partial charge in [-0.05, 0) is 143 Å². The van der Waals surface area contributed by atoms with Gasteiger partial charge in [0.15, 0.2) is 5.78 Å². The predicted octanol–water partition coefficient (Wildman–Crippen LogP) is 10.8. The second-order valence-electron chi connectivity index (χ2n) is 21.3. The maximum absolute atomic E-state index is 14.2. The molecular formula is C58H71N5O8S2. The molecule has 5 N–H and O–H groups in total. The summed E-state index contributed by atoms with van der Waals surface area (Å²) in [4.78, 5) is 65.4. The summed E-state index contributed by atoms with van der Waals surface area (Å²) in [6, 6.07) is 24.9. The van der Waals surface area contributed by atoms with E-state index in [-0.39, 0.29) is 66.0 Å². The molecule has 0 bridgehead atoms. The molecule has 4 aromatic carbocycles. The van der Waals surface area contributed by atoms with Crippen molar-refractivity contribution in [2.45, 2.75) is 130 Å². The number of benzene rings is 4. The normalized spacial score (nSPS) is 15.9. The van der Waals surface area contributed by atoms with Gasteiger partial charge in [0.25, 0.3) is 0 Å². The van der Waals surface area contributed by atoms with Gasteiger partial charge in [0, 0.05) is 57.6 Å². The topological polar surface area (TPSA) is 182 Å². The number of aliphatic hydroxyl groups is 1. The van der Waals surface area contributed by atoms with Gasteiger partial charge in [-0.2, -0.15) is 0 Å². The number of carbonyl (C=O) groups is 4. The van der Waals surface area contributed by atoms with Crippen LogP contribution in [0.5, 0.6) is 17.2 Å². The number of aromatic hydroxyl groups is 2. The number of fused-ring (bicyclic) bond motifs is 1. The number of ketones is 1. The molecular weight excluding hydrogens is 959 g/mol. The van der Waals surface area contributed by atoms with E-state index in [1.807, 2.05) is 76.5 Å². The lowest BCUT2D eigenvalue weighted by Crippen LogP contribution is -2.57. The van der Waals surface area contributed by atoms with Gasteiger partial charge in [0.1, 0.15) is 35.9 Å². The van der Waals surface area contributed by atoms with Crippen LogP contribution < -0.4 is 15.4 Å². The number of nitrogens with zero attached hydrogens (tertiary/aromatic N) is 3. The van der Waals surface area contributed by atoms with Crippen LogP contribution in [-0.2, 0) is 14.4 Å². The van der Waals surface area contributed by atoms with Crippen molar-refractivity contribution >= 4 is 56.3 Å². The quantitative estimate of drug-likeness (QED) is 0.0344. The van der Waals surface area contributed by atoms with Crippen LogP contribution in [0.1, 0.15) is 127 Å². The van der Waals surface area contributed by atoms with E-state index in [1.165, 1.54) is 16.2 Å². The molecule has 3 amide bonds. The van der Waals surface area contributed by atoms with Gasteiger partial charge in [0.2, 0.25) is 17.7 Å². The average molecular weight is 1030 g/mol. The minimum Gasteiger partial charge on any atom is -0.508 e. The number of aromatic nitrogens is 1. The van der Waals surface area contributed by atoms with Crippen LogP contribution in [-0.4, -0.2) is 104 Å². The number of aryl methyl sites for hydroxylation is 1. The Kier molecular flexibility index (Phi) is 17.8. The number of carbonyl (C=O) groups excluding carboxylic acids is 4. The number of β-amino-alcohol motifs (C(OH)–C–C–N with tert-alkyl or cyclic N) is 1. The Labute approximate surface area is 437 Å². The first kappa shape index (κ1) is 54.6. The lowest BCUT2D eigenvalue weighted by Gasteiger charge is -2.35. The fourth-order valence-corrected chi connectivity index (χ4v) is 11.4. The van der Waals surface area contributed by atoms with Crippen LogP contribution in [0.3, 0.4) is 0 Å². The Bertz CT molecular complexity index is 2850. The van der Waals surface area contributed by atoms with Crippen LogP contribution >= 0.6 is 22.7 Å². The van der Waals surface area contributed by atoms with E-state index in [9.17, 15) is 34.5 Å². The molecule has 0 aliphatic carbocycles. The number of unbranched alkanes of at least 4 members (excludes halogenated alkanes) is 4. The number of aliphatic hydroxyl groups excluding tert-OH is 1. The number of rotatable bonds is 21. The minimum atomic E-state index is -0.876. The molecule has 1 fully saturated rings. The first-order valence-corrected chi connectivity index (χ1v) is 27.0. The number of thiophene rings is 1. The van der Waals surface area contributed by atoms with Crippen molar-refractivity contribution in [2.24, 2.45) is 5.41 Å². The van der Waals surface area contributed by atoms with Gasteiger partial charge >= 0.3 is 0 Å². The third kappa shape index (κ3) is 13.9. The Morgan fingerprint density at radius 3 is 2.11 bits per heavy atom. The fourth-order valence-electron chi connectivity index (χ4n) is 9.40. The summed E-state index contributed by atoms with van der Waals surface area (Å²) in [5.74, 6) is -0.132. The van der Waals surface area contributed by atoms with Gasteiger partial charge in [-0.3, -0.25) is 24.1 Å². The maximum atomic E-state index is 14.2. The summed E-state index contributed by atoms with van der Waals surface area (Å²) in [6.07, 6.45) is 4.05. The molecule has 73 heavy (non-hydrogen) atoms. The highest BCUT2D eigenvalue weighted by Crippen LogP contribution is 2.42. The fraction of sp³-hybridized carbons (Fsp3) is 0.431. The zero-order valence-electron chi connectivity index (χ0n) is 43.4. The summed E-state index contributed by atoms with van der Waals surface area (Å²) in [6.45, 7) is 18.2. The number of nitrogens with one attached hydrogen (secondary N) is 2. The van der Waals surface area contributed by atoms with Gasteiger partial charge in [-0.15, -0.1) is 22.7 Å². The standard InChI is InChI=1S/C58H71N5O8S2/c1-36(38-15-17-40(18-16-38)52-37(2)59-35-72-52)60-55(69)47-32-44(66)34-63(47)56(70)54(57(3,4)5)61-49(67)14-12-10-9-11-13-29-62(58(6,7)8)30-31-71-45-26-21-39(22-27-45)51(68)50-46-28-25-43(65)33-48(46)73-53(50)41-19-23-42(64)24-20-41/h15-28,33,35-36,44,47,54,64-66H,9-14,29-32,34H2,1-8H3,(H,60,69)(H,61,67)/t36-,44+,47-,54?/m0/s1. The van der Waals surface area contributed by atoms with Crippen molar-refractivity contribution in [2.75, 3.05) is 26.2 Å². The van der Waals surface area contributed by atoms with Crippen LogP contribution in [0.25, 0.3) is 31.0 Å². The van der Waals surface area contributed by atoms with E-state index in [0.29, 0.717) is 36.4 Å². The number of ether oxygens (including phenoxy) is 1. The molecule has 0 spiro atoms. The van der Waals surface area contributed by atoms with Crippen LogP contribution in [0, 0.1) is 12.3 Å². The first-order valence-electron chi connectivity index (χ1n) is 25.3. The Hall–Kier alpha value is -6.13. The highest BCUT2D eigenvalue weighted by molar-refractivity contribution is 7.22. The van der Waals surface area contributed by atoms with Crippen molar-refractivity contribution in [3.63, 3.8) is 0 Å². The van der Waals surface area contributed by atoms with Crippen molar-refractivity contribution in [1.29, 1.82) is 0 Å². The molecule has 388 valence electrons. The van der Waals surface area contributed by atoms with Crippen LogP contribution in [0.4, 0.5) is 0 Å². The van der Waals surface area contributed by atoms with E-state index < -0.39 is 23.6 Å². The lowest BCUT2D eigenvalue weighted by atomic mass is 9.85. The average Bonchev–Trinajstić information content (AvgIpc) is 4.07. The molecule has 2 aromatic heterocycles. The SMILES string of the molecule is Cc1ncsc1-c1ccc([C@H](C)NC(=O)[C@@H]2C[C@@H](O)CN2C(=O)C(NC(=O)CCCCCCCN(CCOc2ccc(C(=O)c3c(-c4ccc(O)cc4)sc4cc(O)ccc34)cc2)C(C)(C)C)C(C)(C)C)cc1. The molecule has 1 aliphatic heterocycles. The van der Waals surface area contributed by atoms with E-state index in [2.05, 4.69) is 41.3 Å². The number of phenolic OH excluding ortho intramolecular Hbond substituents is 2. The van der Waals surface area contributed by atoms with Crippen LogP contribution in [0.2, 0.25) is 0 Å². The van der Waals surface area contributed by atoms with Crippen molar-refractivity contribution in [3.8, 4) is 38.1 Å². The number of hydrogen-bond acceptors (Lipinski definition) is 12. The van der Waals surface area contributed by atoms with Gasteiger partial charge in [-0.1, -0.05) is 64.3 Å². The van der Waals surface area contributed by atoms with E-state index in [4.69, 9.17) is 4.74 Å². The number of thiazole rings is 1. The molecule has 1 unspecified atom stereocenters. The minimum absolute atomic E-state index is 0.0164. The highest BCUT2D eigenvalue weighted by atomic mass is 32.1. The summed E-state index contributed by atoms with van der Waals surface area (Å²) in [7, 11) is 0. The molecule has 3 heterocycles. The molecule has 1 aliphatic rings. The number of phenols is 2. The summed E-state index contributed by atoms with van der Waals surface area (Å²) >= 11 is 3.01. The summed E-state index contributed by atoms with van der Waals surface area (Å²) in [5.41, 5.74) is 5.91. The zero-order chi connectivity index (χ0) is 52.6. The largest absolute Gasteiger partial charge is 0.508 e. The molecule has 15 heteroatoms. The molecule has 0 saturated carbocycles. The second-order valence-corrected chi connectivity index (χ2v) is 23.2. The molecule has 6 aromatic rings. The third-order valence-electron chi connectivity index (χ3n) is 13.6. The Balaban J connectivity index is 0.836. The number of amides is 3. The second kappa shape index (κ2) is 23.8. The Morgan fingerprint density at radius 2 is 1.45 bits per heavy atom. The summed E-state index contributed by atoms with van der Waals surface area (Å²) in [5, 5.41) is 37.5. The summed E-state index contributed by atoms with van der Waals surface area (Å²) < 4.78 is 6.98. The molecule has 1 saturated heterocycles. The zero-order valence-corrected chi connectivity index (χ0v) is 45.0. The monoisotopic (exact) mass is 1030 g/mol. The van der Waals surface area contributed by atoms with E-state index >= 15 is 0 Å². The van der Waals surface area contributed by atoms with Crippen molar-refractivity contribution in [3.05, 3.63) is 119 Å².